The Labute approximate surface area is 245 Å². The fourth-order valence-corrected chi connectivity index (χ4v) is 4.84. The SMILES string of the molecule is CCC(C)NC(=O)C(Cc1ccc(OCc2ccccc2)cc1)NC(=O)C(CC(C)C)NC(=O)N1CCCCCC1. The Kier molecular flexibility index (Phi) is 13.0. The van der Waals surface area contributed by atoms with Crippen molar-refractivity contribution in [1.29, 1.82) is 0 Å². The number of carbonyl (C=O) groups is 3. The maximum absolute atomic E-state index is 13.6. The third kappa shape index (κ3) is 11.1. The van der Waals surface area contributed by atoms with Gasteiger partial charge in [0.25, 0.3) is 0 Å². The van der Waals surface area contributed by atoms with Crippen molar-refractivity contribution in [2.75, 3.05) is 13.1 Å². The second kappa shape index (κ2) is 16.7. The summed E-state index contributed by atoms with van der Waals surface area (Å²) in [5.41, 5.74) is 1.98. The van der Waals surface area contributed by atoms with Crippen LogP contribution in [-0.4, -0.2) is 54.0 Å². The number of ether oxygens (including phenoxy) is 1. The molecule has 3 N–H and O–H groups in total. The number of rotatable bonds is 13. The van der Waals surface area contributed by atoms with Crippen LogP contribution in [0.3, 0.4) is 0 Å². The second-order valence-corrected chi connectivity index (χ2v) is 11.5. The third-order valence-corrected chi connectivity index (χ3v) is 7.46. The molecule has 0 saturated carbocycles. The molecule has 1 fully saturated rings. The molecule has 0 spiro atoms. The molecule has 4 amide bonds. The Hall–Kier alpha value is -3.55. The van der Waals surface area contributed by atoms with Crippen LogP contribution >= 0.6 is 0 Å². The fraction of sp³-hybridized carbons (Fsp3) is 0.545. The van der Waals surface area contributed by atoms with E-state index in [1.807, 2.05) is 87.2 Å². The van der Waals surface area contributed by atoms with Gasteiger partial charge in [0.15, 0.2) is 0 Å². The van der Waals surface area contributed by atoms with Crippen molar-refractivity contribution >= 4 is 17.8 Å². The highest BCUT2D eigenvalue weighted by Crippen LogP contribution is 2.16. The summed E-state index contributed by atoms with van der Waals surface area (Å²) >= 11 is 0. The Balaban J connectivity index is 1.69. The predicted octanol–water partition coefficient (Wildman–Crippen LogP) is 5.21. The molecule has 224 valence electrons. The van der Waals surface area contributed by atoms with E-state index in [0.29, 0.717) is 32.5 Å². The minimum atomic E-state index is -0.780. The van der Waals surface area contributed by atoms with Crippen molar-refractivity contribution in [3.8, 4) is 5.75 Å². The van der Waals surface area contributed by atoms with Gasteiger partial charge in [-0.1, -0.05) is 76.1 Å². The smallest absolute Gasteiger partial charge is 0.318 e. The molecule has 0 aliphatic carbocycles. The maximum Gasteiger partial charge on any atom is 0.318 e. The van der Waals surface area contributed by atoms with Crippen LogP contribution in [0.15, 0.2) is 54.6 Å². The highest BCUT2D eigenvalue weighted by Gasteiger charge is 2.29. The first kappa shape index (κ1) is 32.0. The average molecular weight is 565 g/mol. The molecule has 8 heteroatoms. The van der Waals surface area contributed by atoms with Crippen molar-refractivity contribution < 1.29 is 19.1 Å². The second-order valence-electron chi connectivity index (χ2n) is 11.5. The summed E-state index contributed by atoms with van der Waals surface area (Å²) in [4.78, 5) is 41.7. The maximum atomic E-state index is 13.6. The number of amides is 4. The quantitative estimate of drug-likeness (QED) is 0.311. The molecule has 3 rings (SSSR count). The molecular formula is C33H48N4O4. The van der Waals surface area contributed by atoms with Crippen molar-refractivity contribution in [2.24, 2.45) is 5.92 Å². The molecule has 8 nitrogen and oxygen atoms in total. The van der Waals surface area contributed by atoms with E-state index in [1.165, 1.54) is 0 Å². The molecule has 1 aliphatic rings. The molecule has 1 saturated heterocycles. The first-order valence-corrected chi connectivity index (χ1v) is 15.2. The lowest BCUT2D eigenvalue weighted by atomic mass is 10.0. The van der Waals surface area contributed by atoms with Gasteiger partial charge >= 0.3 is 6.03 Å². The molecule has 2 aromatic rings. The van der Waals surface area contributed by atoms with Gasteiger partial charge in [-0.25, -0.2) is 4.79 Å². The monoisotopic (exact) mass is 564 g/mol. The summed E-state index contributed by atoms with van der Waals surface area (Å²) in [6.45, 7) is 9.86. The van der Waals surface area contributed by atoms with Gasteiger partial charge < -0.3 is 25.6 Å². The van der Waals surface area contributed by atoms with E-state index in [-0.39, 0.29) is 29.8 Å². The first-order valence-electron chi connectivity index (χ1n) is 15.2. The van der Waals surface area contributed by atoms with Crippen molar-refractivity contribution in [3.63, 3.8) is 0 Å². The zero-order chi connectivity index (χ0) is 29.6. The normalized spacial score (nSPS) is 15.8. The molecule has 1 aliphatic heterocycles. The van der Waals surface area contributed by atoms with Gasteiger partial charge in [0.05, 0.1) is 0 Å². The van der Waals surface area contributed by atoms with E-state index in [1.54, 1.807) is 0 Å². The molecule has 0 aromatic heterocycles. The largest absolute Gasteiger partial charge is 0.489 e. The molecule has 0 radical (unpaired) electrons. The van der Waals surface area contributed by atoms with Gasteiger partial charge in [0, 0.05) is 25.6 Å². The van der Waals surface area contributed by atoms with Crippen LogP contribution in [0.5, 0.6) is 5.75 Å². The third-order valence-electron chi connectivity index (χ3n) is 7.46. The van der Waals surface area contributed by atoms with Crippen LogP contribution in [0, 0.1) is 5.92 Å². The molecular weight excluding hydrogens is 516 g/mol. The van der Waals surface area contributed by atoms with Crippen LogP contribution < -0.4 is 20.7 Å². The standard InChI is InChI=1S/C33H48N4O4/c1-5-25(4)34-31(38)30(22-26-15-17-28(18-16-26)41-23-27-13-9-8-10-14-27)35-32(39)29(21-24(2)3)36-33(40)37-19-11-6-7-12-20-37/h8-10,13-18,24-25,29-30H,5-7,11-12,19-23H2,1-4H3,(H,34,38)(H,35,39)(H,36,40). The highest BCUT2D eigenvalue weighted by molar-refractivity contribution is 5.92. The number of benzene rings is 2. The Morgan fingerprint density at radius 1 is 0.780 bits per heavy atom. The topological polar surface area (TPSA) is 99.8 Å². The zero-order valence-electron chi connectivity index (χ0n) is 25.2. The summed E-state index contributed by atoms with van der Waals surface area (Å²) in [5.74, 6) is 0.342. The van der Waals surface area contributed by atoms with Gasteiger partial charge in [0.2, 0.25) is 11.8 Å². The van der Waals surface area contributed by atoms with Crippen LogP contribution in [0.4, 0.5) is 4.79 Å². The number of hydrogen-bond acceptors (Lipinski definition) is 4. The van der Waals surface area contributed by atoms with Crippen molar-refractivity contribution in [3.05, 3.63) is 65.7 Å². The number of nitrogens with zero attached hydrogens (tertiary/aromatic N) is 1. The summed E-state index contributed by atoms with van der Waals surface area (Å²) < 4.78 is 5.90. The molecule has 41 heavy (non-hydrogen) atoms. The van der Waals surface area contributed by atoms with Gasteiger partial charge in [0.1, 0.15) is 24.4 Å². The fourth-order valence-electron chi connectivity index (χ4n) is 4.84. The van der Waals surface area contributed by atoms with Gasteiger partial charge in [-0.3, -0.25) is 9.59 Å². The molecule has 2 aromatic carbocycles. The lowest BCUT2D eigenvalue weighted by Crippen LogP contribution is -2.57. The lowest BCUT2D eigenvalue weighted by Gasteiger charge is -2.28. The number of likely N-dealkylation sites (tertiary alicyclic amines) is 1. The van der Waals surface area contributed by atoms with Gasteiger partial charge in [-0.05, 0) is 61.8 Å². The molecule has 0 bridgehead atoms. The Morgan fingerprint density at radius 2 is 1.41 bits per heavy atom. The van der Waals surface area contributed by atoms with Crippen LogP contribution in [0.25, 0.3) is 0 Å². The number of carbonyl (C=O) groups excluding carboxylic acids is 3. The average Bonchev–Trinajstić information content (AvgIpc) is 3.26. The highest BCUT2D eigenvalue weighted by atomic mass is 16.5. The van der Waals surface area contributed by atoms with Crippen molar-refractivity contribution in [2.45, 2.75) is 97.4 Å². The van der Waals surface area contributed by atoms with E-state index in [9.17, 15) is 14.4 Å². The first-order chi connectivity index (χ1) is 19.7. The molecule has 3 unspecified atom stereocenters. The molecule has 3 atom stereocenters. The van der Waals surface area contributed by atoms with E-state index in [2.05, 4.69) is 16.0 Å². The van der Waals surface area contributed by atoms with Crippen LogP contribution in [-0.2, 0) is 22.6 Å². The molecule has 1 heterocycles. The summed E-state index contributed by atoms with van der Waals surface area (Å²) in [5, 5.41) is 8.94. The summed E-state index contributed by atoms with van der Waals surface area (Å²) in [6, 6.07) is 15.8. The predicted molar refractivity (Wildman–Crippen MR) is 163 cm³/mol. The van der Waals surface area contributed by atoms with Gasteiger partial charge in [-0.15, -0.1) is 0 Å². The number of urea groups is 1. The van der Waals surface area contributed by atoms with Crippen LogP contribution in [0.2, 0.25) is 0 Å². The van der Waals surface area contributed by atoms with Crippen molar-refractivity contribution in [1.82, 2.24) is 20.9 Å². The Morgan fingerprint density at radius 3 is 2.02 bits per heavy atom. The summed E-state index contributed by atoms with van der Waals surface area (Å²) in [7, 11) is 0. The van der Waals surface area contributed by atoms with E-state index in [0.717, 1.165) is 49.0 Å². The minimum Gasteiger partial charge on any atom is -0.489 e. The lowest BCUT2D eigenvalue weighted by molar-refractivity contribution is -0.130. The van der Waals surface area contributed by atoms with E-state index >= 15 is 0 Å². The Bertz CT molecular complexity index is 1080. The number of nitrogens with one attached hydrogen (secondary N) is 3. The number of hydrogen-bond donors (Lipinski definition) is 3. The minimum absolute atomic E-state index is 0.0233. The van der Waals surface area contributed by atoms with Gasteiger partial charge in [-0.2, -0.15) is 0 Å². The zero-order valence-corrected chi connectivity index (χ0v) is 25.2. The van der Waals surface area contributed by atoms with E-state index < -0.39 is 12.1 Å². The van der Waals surface area contributed by atoms with Crippen LogP contribution in [0.1, 0.15) is 77.3 Å². The summed E-state index contributed by atoms with van der Waals surface area (Å²) in [6.07, 6.45) is 5.77. The van der Waals surface area contributed by atoms with E-state index in [4.69, 9.17) is 4.74 Å².